The number of nitrogens with one attached hydrogen (secondary N) is 1. The van der Waals surface area contributed by atoms with E-state index in [2.05, 4.69) is 11.9 Å². The second kappa shape index (κ2) is 7.30. The second-order valence-corrected chi connectivity index (χ2v) is 5.91. The van der Waals surface area contributed by atoms with E-state index in [1.165, 1.54) is 25.1 Å². The van der Waals surface area contributed by atoms with E-state index < -0.39 is 16.0 Å². The predicted molar refractivity (Wildman–Crippen MR) is 71.2 cm³/mol. The van der Waals surface area contributed by atoms with Crippen molar-refractivity contribution in [2.45, 2.75) is 43.9 Å². The summed E-state index contributed by atoms with van der Waals surface area (Å²) in [5.74, 6) is -0.564. The molecule has 0 fully saturated rings. The lowest BCUT2D eigenvalue weighted by molar-refractivity contribution is 0.0491. The maximum Gasteiger partial charge on any atom is 0.354 e. The van der Waals surface area contributed by atoms with Crippen LogP contribution in [0.3, 0.4) is 0 Å². The zero-order chi connectivity index (χ0) is 14.3. The number of primary sulfonamides is 1. The molecule has 1 aromatic rings. The third-order valence-corrected chi connectivity index (χ3v) is 3.58. The molecule has 0 saturated carbocycles. The quantitative estimate of drug-likeness (QED) is 0.562. The van der Waals surface area contributed by atoms with Crippen molar-refractivity contribution < 1.29 is 17.9 Å². The topological polar surface area (TPSA) is 102 Å². The van der Waals surface area contributed by atoms with Crippen LogP contribution >= 0.6 is 0 Å². The summed E-state index contributed by atoms with van der Waals surface area (Å²) in [5, 5.41) is 4.94. The van der Waals surface area contributed by atoms with Crippen molar-refractivity contribution in [3.05, 3.63) is 18.0 Å². The van der Waals surface area contributed by atoms with Crippen LogP contribution in [0.2, 0.25) is 0 Å². The first kappa shape index (κ1) is 15.7. The molecule has 3 N–H and O–H groups in total. The van der Waals surface area contributed by atoms with Crippen LogP contribution in [0.15, 0.2) is 17.2 Å². The van der Waals surface area contributed by atoms with Gasteiger partial charge in [-0.3, -0.25) is 0 Å². The van der Waals surface area contributed by atoms with Gasteiger partial charge in [-0.15, -0.1) is 0 Å². The van der Waals surface area contributed by atoms with E-state index >= 15 is 0 Å². The van der Waals surface area contributed by atoms with Crippen LogP contribution in [0.25, 0.3) is 0 Å². The molecule has 0 amide bonds. The Bertz CT molecular complexity index is 508. The summed E-state index contributed by atoms with van der Waals surface area (Å²) in [4.78, 5) is 14.0. The van der Waals surface area contributed by atoms with E-state index in [9.17, 15) is 13.2 Å². The largest absolute Gasteiger partial charge is 0.461 e. The van der Waals surface area contributed by atoms with Gasteiger partial charge < -0.3 is 9.72 Å². The average molecular weight is 288 g/mol. The number of hydrogen-bond donors (Lipinski definition) is 2. The summed E-state index contributed by atoms with van der Waals surface area (Å²) >= 11 is 0. The molecule has 6 nitrogen and oxygen atoms in total. The third kappa shape index (κ3) is 5.44. The molecular weight excluding hydrogens is 268 g/mol. The van der Waals surface area contributed by atoms with Crippen molar-refractivity contribution in [2.75, 3.05) is 6.61 Å². The van der Waals surface area contributed by atoms with E-state index in [1.807, 2.05) is 0 Å². The smallest absolute Gasteiger partial charge is 0.354 e. The van der Waals surface area contributed by atoms with Crippen molar-refractivity contribution in [1.29, 1.82) is 0 Å². The Labute approximate surface area is 113 Å². The highest BCUT2D eigenvalue weighted by Gasteiger charge is 2.15. The molecule has 0 aliphatic heterocycles. The monoisotopic (exact) mass is 288 g/mol. The number of aromatic nitrogens is 1. The molecule has 19 heavy (non-hydrogen) atoms. The van der Waals surface area contributed by atoms with Gasteiger partial charge in [-0.2, -0.15) is 0 Å². The van der Waals surface area contributed by atoms with Gasteiger partial charge in [0.1, 0.15) is 10.6 Å². The van der Waals surface area contributed by atoms with Gasteiger partial charge in [-0.05, 0) is 12.5 Å². The highest BCUT2D eigenvalue weighted by Crippen LogP contribution is 2.10. The van der Waals surface area contributed by atoms with Crippen LogP contribution in [0.5, 0.6) is 0 Å². The van der Waals surface area contributed by atoms with Crippen LogP contribution in [0, 0.1) is 0 Å². The Balaban J connectivity index is 2.36. The Hall–Kier alpha value is -1.34. The van der Waals surface area contributed by atoms with E-state index in [-0.39, 0.29) is 10.6 Å². The molecule has 0 radical (unpaired) electrons. The number of nitrogens with two attached hydrogens (primary N) is 1. The van der Waals surface area contributed by atoms with Crippen molar-refractivity contribution in [1.82, 2.24) is 4.98 Å². The first-order valence-electron chi connectivity index (χ1n) is 6.33. The number of aromatic amines is 1. The summed E-state index contributed by atoms with van der Waals surface area (Å²) in [6.07, 6.45) is 6.49. The molecule has 7 heteroatoms. The van der Waals surface area contributed by atoms with Crippen LogP contribution in [-0.4, -0.2) is 26.0 Å². The van der Waals surface area contributed by atoms with Gasteiger partial charge in [0.2, 0.25) is 10.0 Å². The minimum atomic E-state index is -3.79. The minimum Gasteiger partial charge on any atom is -0.461 e. The summed E-state index contributed by atoms with van der Waals surface area (Å²) in [7, 11) is -3.79. The molecule has 0 atom stereocenters. The van der Waals surface area contributed by atoms with Crippen molar-refractivity contribution in [3.8, 4) is 0 Å². The van der Waals surface area contributed by atoms with Gasteiger partial charge in [-0.1, -0.05) is 32.6 Å². The van der Waals surface area contributed by atoms with Crippen LogP contribution in [0.1, 0.15) is 49.5 Å². The Morgan fingerprint density at radius 3 is 2.58 bits per heavy atom. The van der Waals surface area contributed by atoms with Crippen molar-refractivity contribution >= 4 is 16.0 Å². The summed E-state index contributed by atoms with van der Waals surface area (Å²) in [6, 6.07) is 1.18. The lowest BCUT2D eigenvalue weighted by Crippen LogP contribution is -2.11. The van der Waals surface area contributed by atoms with Gasteiger partial charge in [0, 0.05) is 6.20 Å². The maximum atomic E-state index is 11.6. The van der Waals surface area contributed by atoms with Crippen molar-refractivity contribution in [3.63, 3.8) is 0 Å². The zero-order valence-corrected chi connectivity index (χ0v) is 11.8. The van der Waals surface area contributed by atoms with Gasteiger partial charge >= 0.3 is 5.97 Å². The normalized spacial score (nSPS) is 11.5. The second-order valence-electron chi connectivity index (χ2n) is 4.34. The molecule has 0 spiro atoms. The first-order valence-corrected chi connectivity index (χ1v) is 7.88. The minimum absolute atomic E-state index is 0.0950. The van der Waals surface area contributed by atoms with Crippen LogP contribution in [0.4, 0.5) is 0 Å². The molecule has 1 aromatic heterocycles. The number of rotatable bonds is 8. The first-order chi connectivity index (χ1) is 8.95. The fourth-order valence-corrected chi connectivity index (χ4v) is 2.11. The molecular formula is C12H20N2O4S. The lowest BCUT2D eigenvalue weighted by atomic mass is 10.2. The standard InChI is InChI=1S/C12H20N2O4S/c1-2-3-4-5-6-7-18-12(15)11-8-10(9-14-11)19(13,16)17/h8-9,14H,2-7H2,1H3,(H2,13,16,17). The predicted octanol–water partition coefficient (Wildman–Crippen LogP) is 1.79. The molecule has 0 bridgehead atoms. The molecule has 1 heterocycles. The number of carbonyl (C=O) groups excluding carboxylic acids is 1. The number of sulfonamides is 1. The Kier molecular flexibility index (Phi) is 6.04. The van der Waals surface area contributed by atoms with Gasteiger partial charge in [0.25, 0.3) is 0 Å². The molecule has 0 aliphatic carbocycles. The van der Waals surface area contributed by atoms with E-state index in [4.69, 9.17) is 9.88 Å². The number of unbranched alkanes of at least 4 members (excludes halogenated alkanes) is 4. The Morgan fingerprint density at radius 1 is 1.32 bits per heavy atom. The maximum absolute atomic E-state index is 11.6. The fraction of sp³-hybridized carbons (Fsp3) is 0.583. The van der Waals surface area contributed by atoms with E-state index in [1.54, 1.807) is 0 Å². The number of H-pyrrole nitrogens is 1. The number of ether oxygens (including phenoxy) is 1. The van der Waals surface area contributed by atoms with E-state index in [0.29, 0.717) is 6.61 Å². The van der Waals surface area contributed by atoms with Crippen LogP contribution in [-0.2, 0) is 14.8 Å². The molecule has 0 unspecified atom stereocenters. The third-order valence-electron chi connectivity index (χ3n) is 2.69. The molecule has 0 aliphatic rings. The number of esters is 1. The molecule has 1 rings (SSSR count). The fourth-order valence-electron chi connectivity index (χ4n) is 1.60. The molecule has 0 aromatic carbocycles. The van der Waals surface area contributed by atoms with Gasteiger partial charge in [0.15, 0.2) is 0 Å². The zero-order valence-electron chi connectivity index (χ0n) is 11.0. The van der Waals surface area contributed by atoms with Gasteiger partial charge in [-0.25, -0.2) is 18.4 Å². The van der Waals surface area contributed by atoms with Crippen LogP contribution < -0.4 is 5.14 Å². The SMILES string of the molecule is CCCCCCCOC(=O)c1cc(S(N)(=O)=O)c[nH]1. The highest BCUT2D eigenvalue weighted by atomic mass is 32.2. The van der Waals surface area contributed by atoms with E-state index in [0.717, 1.165) is 19.3 Å². The summed E-state index contributed by atoms with van der Waals surface area (Å²) in [6.45, 7) is 2.47. The number of carbonyl (C=O) groups is 1. The number of hydrogen-bond acceptors (Lipinski definition) is 4. The summed E-state index contributed by atoms with van der Waals surface area (Å²) < 4.78 is 27.1. The van der Waals surface area contributed by atoms with Crippen molar-refractivity contribution in [2.24, 2.45) is 5.14 Å². The average Bonchev–Trinajstić information content (AvgIpc) is 2.82. The van der Waals surface area contributed by atoms with Gasteiger partial charge in [0.05, 0.1) is 6.61 Å². The lowest BCUT2D eigenvalue weighted by Gasteiger charge is -2.03. The molecule has 0 saturated heterocycles. The Morgan fingerprint density at radius 2 is 2.00 bits per heavy atom. The highest BCUT2D eigenvalue weighted by molar-refractivity contribution is 7.89. The molecule has 108 valence electrons. The summed E-state index contributed by atoms with van der Waals surface area (Å²) in [5.41, 5.74) is 0.0950.